The number of nitrogens with one attached hydrogen (secondary N) is 1. The summed E-state index contributed by atoms with van der Waals surface area (Å²) in [6.07, 6.45) is 0. The van der Waals surface area contributed by atoms with E-state index in [1.807, 2.05) is 44.2 Å². The molecule has 0 amide bonds. The Morgan fingerprint density at radius 3 is 2.14 bits per heavy atom. The number of aryl methyl sites for hydroxylation is 1. The van der Waals surface area contributed by atoms with Crippen LogP contribution < -0.4 is 4.72 Å². The van der Waals surface area contributed by atoms with Crippen molar-refractivity contribution in [3.05, 3.63) is 64.1 Å². The first-order valence-corrected chi connectivity index (χ1v) is 8.86. The van der Waals surface area contributed by atoms with Gasteiger partial charge in [-0.05, 0) is 50.1 Å². The predicted molar refractivity (Wildman–Crippen MR) is 88.7 cm³/mol. The van der Waals surface area contributed by atoms with E-state index in [2.05, 4.69) is 20.7 Å². The molecule has 0 aliphatic rings. The van der Waals surface area contributed by atoms with Crippen LogP contribution >= 0.6 is 15.9 Å². The van der Waals surface area contributed by atoms with E-state index in [1.165, 1.54) is 0 Å². The van der Waals surface area contributed by atoms with Crippen molar-refractivity contribution in [2.24, 2.45) is 0 Å². The van der Waals surface area contributed by atoms with Gasteiger partial charge in [0.1, 0.15) is 0 Å². The van der Waals surface area contributed by atoms with Gasteiger partial charge in [-0.25, -0.2) is 13.1 Å². The number of halogens is 1. The monoisotopic (exact) mass is 367 g/mol. The largest absolute Gasteiger partial charge is 0.241 e. The van der Waals surface area contributed by atoms with E-state index in [4.69, 9.17) is 0 Å². The molecule has 2 rings (SSSR count). The van der Waals surface area contributed by atoms with Crippen LogP contribution in [0.1, 0.15) is 25.0 Å². The molecule has 0 atom stereocenters. The Morgan fingerprint density at radius 2 is 1.57 bits per heavy atom. The summed E-state index contributed by atoms with van der Waals surface area (Å²) < 4.78 is 28.9. The van der Waals surface area contributed by atoms with Gasteiger partial charge in [0.2, 0.25) is 10.0 Å². The van der Waals surface area contributed by atoms with Crippen molar-refractivity contribution >= 4 is 26.0 Å². The van der Waals surface area contributed by atoms with Crippen molar-refractivity contribution in [3.8, 4) is 0 Å². The van der Waals surface area contributed by atoms with E-state index < -0.39 is 15.6 Å². The first-order chi connectivity index (χ1) is 9.72. The lowest BCUT2D eigenvalue weighted by Gasteiger charge is -2.27. The third-order valence-corrected chi connectivity index (χ3v) is 5.68. The SMILES string of the molecule is Cc1ccccc1S(=O)(=O)NC(C)(C)c1ccc(Br)cc1. The number of benzene rings is 2. The highest BCUT2D eigenvalue weighted by Crippen LogP contribution is 2.25. The Bertz CT molecular complexity index is 737. The van der Waals surface area contributed by atoms with Crippen molar-refractivity contribution in [2.45, 2.75) is 31.2 Å². The van der Waals surface area contributed by atoms with Crippen LogP contribution in [0.15, 0.2) is 57.9 Å². The Morgan fingerprint density at radius 1 is 1.00 bits per heavy atom. The van der Waals surface area contributed by atoms with Crippen LogP contribution in [0.2, 0.25) is 0 Å². The molecular formula is C16H18BrNO2S. The second-order valence-electron chi connectivity index (χ2n) is 5.50. The van der Waals surface area contributed by atoms with E-state index in [9.17, 15) is 8.42 Å². The molecule has 0 aliphatic carbocycles. The molecule has 0 heterocycles. The molecule has 5 heteroatoms. The molecule has 3 nitrogen and oxygen atoms in total. The highest BCUT2D eigenvalue weighted by atomic mass is 79.9. The Labute approximate surface area is 134 Å². The number of hydrogen-bond donors (Lipinski definition) is 1. The minimum absolute atomic E-state index is 0.315. The molecule has 0 saturated heterocycles. The topological polar surface area (TPSA) is 46.2 Å². The fraction of sp³-hybridized carbons (Fsp3) is 0.250. The summed E-state index contributed by atoms with van der Waals surface area (Å²) in [6, 6.07) is 14.6. The number of sulfonamides is 1. The maximum absolute atomic E-state index is 12.6. The lowest BCUT2D eigenvalue weighted by molar-refractivity contribution is 0.472. The summed E-state index contributed by atoms with van der Waals surface area (Å²) in [6.45, 7) is 5.50. The van der Waals surface area contributed by atoms with Crippen LogP contribution in [0.4, 0.5) is 0 Å². The third kappa shape index (κ3) is 3.73. The Hall–Kier alpha value is -1.17. The molecular weight excluding hydrogens is 350 g/mol. The van der Waals surface area contributed by atoms with Crippen molar-refractivity contribution in [1.29, 1.82) is 0 Å². The van der Waals surface area contributed by atoms with E-state index in [-0.39, 0.29) is 0 Å². The molecule has 1 N–H and O–H groups in total. The van der Waals surface area contributed by atoms with Gasteiger partial charge in [-0.1, -0.05) is 46.3 Å². The summed E-state index contributed by atoms with van der Waals surface area (Å²) >= 11 is 3.38. The van der Waals surface area contributed by atoms with E-state index in [1.54, 1.807) is 25.1 Å². The highest BCUT2D eigenvalue weighted by Gasteiger charge is 2.28. The van der Waals surface area contributed by atoms with E-state index >= 15 is 0 Å². The summed E-state index contributed by atoms with van der Waals surface area (Å²) in [5.41, 5.74) is 0.946. The molecule has 0 spiro atoms. The second kappa shape index (κ2) is 5.91. The van der Waals surface area contributed by atoms with Gasteiger partial charge < -0.3 is 0 Å². The van der Waals surface area contributed by atoms with E-state index in [0.717, 1.165) is 15.6 Å². The van der Waals surface area contributed by atoms with Crippen LogP contribution in [0.5, 0.6) is 0 Å². The van der Waals surface area contributed by atoms with Crippen LogP contribution in [-0.2, 0) is 15.6 Å². The summed E-state index contributed by atoms with van der Waals surface area (Å²) in [5.74, 6) is 0. The molecule has 2 aromatic carbocycles. The molecule has 0 saturated carbocycles. The van der Waals surface area contributed by atoms with Crippen molar-refractivity contribution < 1.29 is 8.42 Å². The van der Waals surface area contributed by atoms with Crippen LogP contribution in [0, 0.1) is 6.92 Å². The molecule has 21 heavy (non-hydrogen) atoms. The smallest absolute Gasteiger partial charge is 0.207 e. The average Bonchev–Trinajstić information content (AvgIpc) is 2.38. The van der Waals surface area contributed by atoms with Crippen molar-refractivity contribution in [1.82, 2.24) is 4.72 Å². The molecule has 0 aliphatic heterocycles. The maximum Gasteiger partial charge on any atom is 0.241 e. The molecule has 0 radical (unpaired) electrons. The van der Waals surface area contributed by atoms with Gasteiger partial charge >= 0.3 is 0 Å². The second-order valence-corrected chi connectivity index (χ2v) is 8.07. The zero-order valence-electron chi connectivity index (χ0n) is 12.2. The van der Waals surface area contributed by atoms with Crippen LogP contribution in [0.25, 0.3) is 0 Å². The predicted octanol–water partition coefficient (Wildman–Crippen LogP) is 3.97. The molecule has 0 aromatic heterocycles. The molecule has 112 valence electrons. The first kappa shape index (κ1) is 16.2. The fourth-order valence-corrected chi connectivity index (χ4v) is 4.09. The third-order valence-electron chi connectivity index (χ3n) is 3.34. The first-order valence-electron chi connectivity index (χ1n) is 6.58. The van der Waals surface area contributed by atoms with Crippen LogP contribution in [0.3, 0.4) is 0 Å². The van der Waals surface area contributed by atoms with Gasteiger partial charge in [0.25, 0.3) is 0 Å². The van der Waals surface area contributed by atoms with Gasteiger partial charge in [-0.3, -0.25) is 0 Å². The van der Waals surface area contributed by atoms with Crippen LogP contribution in [-0.4, -0.2) is 8.42 Å². The maximum atomic E-state index is 12.6. The molecule has 0 unspecified atom stereocenters. The number of hydrogen-bond acceptors (Lipinski definition) is 2. The molecule has 0 fully saturated rings. The lowest BCUT2D eigenvalue weighted by atomic mass is 9.96. The minimum Gasteiger partial charge on any atom is -0.207 e. The fourth-order valence-electron chi connectivity index (χ4n) is 2.17. The quantitative estimate of drug-likeness (QED) is 0.888. The van der Waals surface area contributed by atoms with Gasteiger partial charge in [-0.15, -0.1) is 0 Å². The minimum atomic E-state index is -3.57. The normalized spacial score (nSPS) is 12.4. The van der Waals surface area contributed by atoms with Gasteiger partial charge in [0.15, 0.2) is 0 Å². The molecule has 2 aromatic rings. The van der Waals surface area contributed by atoms with Crippen molar-refractivity contribution in [2.75, 3.05) is 0 Å². The van der Waals surface area contributed by atoms with Gasteiger partial charge in [-0.2, -0.15) is 0 Å². The lowest BCUT2D eigenvalue weighted by Crippen LogP contribution is -2.41. The Kier molecular flexibility index (Phi) is 4.56. The summed E-state index contributed by atoms with van der Waals surface area (Å²) in [4.78, 5) is 0.315. The van der Waals surface area contributed by atoms with Gasteiger partial charge in [0.05, 0.1) is 10.4 Å². The highest BCUT2D eigenvalue weighted by molar-refractivity contribution is 9.10. The number of rotatable bonds is 4. The average molecular weight is 368 g/mol. The Balaban J connectivity index is 2.35. The standard InChI is InChI=1S/C16H18BrNO2S/c1-12-6-4-5-7-15(12)21(19,20)18-16(2,3)13-8-10-14(17)11-9-13/h4-11,18H,1-3H3. The molecule has 0 bridgehead atoms. The van der Waals surface area contributed by atoms with Gasteiger partial charge in [0, 0.05) is 4.47 Å². The zero-order chi connectivity index (χ0) is 15.7. The van der Waals surface area contributed by atoms with E-state index in [0.29, 0.717) is 4.90 Å². The van der Waals surface area contributed by atoms with Crippen molar-refractivity contribution in [3.63, 3.8) is 0 Å². The summed E-state index contributed by atoms with van der Waals surface area (Å²) in [5, 5.41) is 0. The zero-order valence-corrected chi connectivity index (χ0v) is 14.6. The summed E-state index contributed by atoms with van der Waals surface area (Å²) in [7, 11) is -3.57.